The van der Waals surface area contributed by atoms with Gasteiger partial charge in [-0.1, -0.05) is 42.3 Å². The van der Waals surface area contributed by atoms with E-state index in [9.17, 15) is 14.4 Å². The third-order valence-electron chi connectivity index (χ3n) is 9.35. The van der Waals surface area contributed by atoms with Crippen LogP contribution >= 0.6 is 0 Å². The van der Waals surface area contributed by atoms with Crippen molar-refractivity contribution in [3.8, 4) is 0 Å². The SMILES string of the molecule is CC1=C(/C=C2\C(=O)Nc3ccc(C(=O)N[C@H](C)c4ccccc4)cc32)C2CC2C(C)=C1C(=O)NCCN1CCCCC1. The maximum absolute atomic E-state index is 13.4. The summed E-state index contributed by atoms with van der Waals surface area (Å²) in [6, 6.07) is 15.0. The van der Waals surface area contributed by atoms with Gasteiger partial charge in [0.2, 0.25) is 0 Å². The molecule has 3 atom stereocenters. The molecule has 218 valence electrons. The number of piperidine rings is 1. The number of nitrogens with one attached hydrogen (secondary N) is 3. The van der Waals surface area contributed by atoms with Crippen LogP contribution < -0.4 is 16.0 Å². The molecular weight excluding hydrogens is 524 g/mol. The number of fused-ring (bicyclic) bond motifs is 2. The minimum absolute atomic E-state index is 0.0222. The summed E-state index contributed by atoms with van der Waals surface area (Å²) in [5.74, 6) is 0.258. The molecule has 4 aliphatic rings. The van der Waals surface area contributed by atoms with E-state index in [0.29, 0.717) is 35.2 Å². The number of carbonyl (C=O) groups is 3. The van der Waals surface area contributed by atoms with Gasteiger partial charge in [0.25, 0.3) is 17.7 Å². The summed E-state index contributed by atoms with van der Waals surface area (Å²) in [7, 11) is 0. The number of anilines is 1. The molecule has 1 saturated carbocycles. The van der Waals surface area contributed by atoms with Crippen LogP contribution in [-0.2, 0) is 9.59 Å². The van der Waals surface area contributed by atoms with Crippen LogP contribution in [0.25, 0.3) is 5.57 Å². The molecule has 2 heterocycles. The molecule has 0 radical (unpaired) electrons. The van der Waals surface area contributed by atoms with Crippen molar-refractivity contribution in [2.24, 2.45) is 11.8 Å². The topological polar surface area (TPSA) is 90.5 Å². The number of hydrogen-bond donors (Lipinski definition) is 3. The van der Waals surface area contributed by atoms with Gasteiger partial charge in [-0.15, -0.1) is 0 Å². The van der Waals surface area contributed by atoms with Crippen LogP contribution in [0, 0.1) is 11.8 Å². The predicted octanol–water partition coefficient (Wildman–Crippen LogP) is 5.40. The summed E-state index contributed by atoms with van der Waals surface area (Å²) in [6.07, 6.45) is 6.71. The van der Waals surface area contributed by atoms with E-state index in [1.54, 1.807) is 18.2 Å². The Morgan fingerprint density at radius 1 is 1.02 bits per heavy atom. The number of carbonyl (C=O) groups excluding carboxylic acids is 3. The van der Waals surface area contributed by atoms with Gasteiger partial charge in [-0.2, -0.15) is 0 Å². The van der Waals surface area contributed by atoms with Crippen molar-refractivity contribution >= 4 is 29.0 Å². The van der Waals surface area contributed by atoms with Crippen LogP contribution in [0.1, 0.15) is 74.0 Å². The van der Waals surface area contributed by atoms with E-state index in [1.165, 1.54) is 19.3 Å². The molecule has 6 rings (SSSR count). The first-order valence-electron chi connectivity index (χ1n) is 15.3. The molecule has 2 aromatic rings. The maximum Gasteiger partial charge on any atom is 0.256 e. The van der Waals surface area contributed by atoms with Gasteiger partial charge in [-0.3, -0.25) is 14.4 Å². The molecule has 0 bridgehead atoms. The Hall–Kier alpha value is -3.97. The average Bonchev–Trinajstić information content (AvgIpc) is 3.74. The van der Waals surface area contributed by atoms with Gasteiger partial charge in [0.15, 0.2) is 0 Å². The molecule has 2 unspecified atom stereocenters. The fraction of sp³-hybridized carbons (Fsp3) is 0.400. The average molecular weight is 565 g/mol. The molecule has 2 fully saturated rings. The van der Waals surface area contributed by atoms with Crippen molar-refractivity contribution < 1.29 is 14.4 Å². The van der Waals surface area contributed by atoms with E-state index in [0.717, 1.165) is 59.5 Å². The molecule has 7 heteroatoms. The predicted molar refractivity (Wildman–Crippen MR) is 166 cm³/mol. The second-order valence-corrected chi connectivity index (χ2v) is 12.1. The van der Waals surface area contributed by atoms with Crippen LogP contribution in [0.3, 0.4) is 0 Å². The van der Waals surface area contributed by atoms with Crippen molar-refractivity contribution in [2.75, 3.05) is 31.5 Å². The van der Waals surface area contributed by atoms with Gasteiger partial charge in [0, 0.05) is 41.1 Å². The molecule has 1 saturated heterocycles. The summed E-state index contributed by atoms with van der Waals surface area (Å²) in [6.45, 7) is 9.77. The first-order valence-corrected chi connectivity index (χ1v) is 15.3. The lowest BCUT2D eigenvalue weighted by atomic mass is 9.85. The quantitative estimate of drug-likeness (QED) is 0.375. The number of nitrogens with zero attached hydrogens (tertiary/aromatic N) is 1. The first kappa shape index (κ1) is 28.2. The summed E-state index contributed by atoms with van der Waals surface area (Å²) in [5.41, 5.74) is 7.40. The Morgan fingerprint density at radius 3 is 2.55 bits per heavy atom. The molecule has 2 aliphatic heterocycles. The van der Waals surface area contributed by atoms with Crippen molar-refractivity contribution in [1.82, 2.24) is 15.5 Å². The minimum atomic E-state index is -0.190. The third-order valence-corrected chi connectivity index (χ3v) is 9.35. The monoisotopic (exact) mass is 564 g/mol. The summed E-state index contributed by atoms with van der Waals surface area (Å²) < 4.78 is 0. The summed E-state index contributed by atoms with van der Waals surface area (Å²) in [5, 5.41) is 9.19. The lowest BCUT2D eigenvalue weighted by Crippen LogP contribution is -2.38. The zero-order chi connectivity index (χ0) is 29.4. The highest BCUT2D eigenvalue weighted by Crippen LogP contribution is 2.56. The van der Waals surface area contributed by atoms with E-state index in [2.05, 4.69) is 27.8 Å². The normalized spacial score (nSPS) is 23.3. The van der Waals surface area contributed by atoms with Crippen LogP contribution in [0.4, 0.5) is 5.69 Å². The van der Waals surface area contributed by atoms with Gasteiger partial charge in [-0.25, -0.2) is 0 Å². The molecule has 3 amide bonds. The van der Waals surface area contributed by atoms with Crippen molar-refractivity contribution in [3.63, 3.8) is 0 Å². The number of hydrogen-bond acceptors (Lipinski definition) is 4. The number of allylic oxidation sites excluding steroid dienone is 3. The maximum atomic E-state index is 13.4. The highest BCUT2D eigenvalue weighted by Gasteiger charge is 2.46. The Balaban J connectivity index is 1.22. The van der Waals surface area contributed by atoms with Crippen LogP contribution in [-0.4, -0.2) is 48.8 Å². The van der Waals surface area contributed by atoms with Gasteiger partial charge in [0.05, 0.1) is 6.04 Å². The fourth-order valence-corrected chi connectivity index (χ4v) is 6.82. The molecule has 3 N–H and O–H groups in total. The number of rotatable bonds is 8. The second kappa shape index (κ2) is 11.7. The molecule has 0 aromatic heterocycles. The largest absolute Gasteiger partial charge is 0.351 e. The van der Waals surface area contributed by atoms with E-state index < -0.39 is 0 Å². The van der Waals surface area contributed by atoms with E-state index in [4.69, 9.17) is 0 Å². The molecular formula is C35H40N4O3. The Kier molecular flexibility index (Phi) is 7.86. The second-order valence-electron chi connectivity index (χ2n) is 12.1. The standard InChI is InChI=1S/C35H40N4O3/c1-21-26-19-28(26)27(22(2)32(21)35(42)36-14-17-39-15-8-5-9-16-39)20-30-29-18-25(12-13-31(29)38-34(30)41)33(40)37-23(3)24-10-6-4-7-11-24/h4,6-7,10-13,18,20,23,26,28H,5,8-9,14-17,19H2,1-3H3,(H,36,42)(H,37,40)(H,38,41)/b30-20-/t23-,26?,28?/m1/s1. The van der Waals surface area contributed by atoms with Gasteiger partial charge < -0.3 is 20.9 Å². The highest BCUT2D eigenvalue weighted by atomic mass is 16.2. The number of likely N-dealkylation sites (tertiary alicyclic amines) is 1. The Morgan fingerprint density at radius 2 is 1.79 bits per heavy atom. The zero-order valence-electron chi connectivity index (χ0n) is 24.8. The fourth-order valence-electron chi connectivity index (χ4n) is 6.82. The van der Waals surface area contributed by atoms with Crippen LogP contribution in [0.5, 0.6) is 0 Å². The van der Waals surface area contributed by atoms with Crippen molar-refractivity contribution in [3.05, 3.63) is 93.6 Å². The van der Waals surface area contributed by atoms with Gasteiger partial charge in [-0.05, 0) is 106 Å². The molecule has 2 aliphatic carbocycles. The van der Waals surface area contributed by atoms with Crippen molar-refractivity contribution in [2.45, 2.75) is 52.5 Å². The van der Waals surface area contributed by atoms with E-state index >= 15 is 0 Å². The van der Waals surface area contributed by atoms with Crippen LogP contribution in [0.15, 0.2) is 76.9 Å². The molecule has 2 aromatic carbocycles. The Bertz CT molecular complexity index is 1510. The number of amides is 3. The van der Waals surface area contributed by atoms with E-state index in [1.807, 2.05) is 50.3 Å². The number of benzene rings is 2. The molecule has 0 spiro atoms. The lowest BCUT2D eigenvalue weighted by Gasteiger charge is -2.27. The zero-order valence-corrected chi connectivity index (χ0v) is 24.8. The smallest absolute Gasteiger partial charge is 0.256 e. The van der Waals surface area contributed by atoms with Gasteiger partial charge >= 0.3 is 0 Å². The molecule has 7 nitrogen and oxygen atoms in total. The third kappa shape index (κ3) is 5.58. The van der Waals surface area contributed by atoms with E-state index in [-0.39, 0.29) is 23.8 Å². The first-order chi connectivity index (χ1) is 20.3. The molecule has 42 heavy (non-hydrogen) atoms. The van der Waals surface area contributed by atoms with Gasteiger partial charge in [0.1, 0.15) is 0 Å². The summed E-state index contributed by atoms with van der Waals surface area (Å²) >= 11 is 0. The Labute approximate surface area is 248 Å². The lowest BCUT2D eigenvalue weighted by molar-refractivity contribution is -0.117. The minimum Gasteiger partial charge on any atom is -0.351 e. The van der Waals surface area contributed by atoms with Crippen molar-refractivity contribution in [1.29, 1.82) is 0 Å². The van der Waals surface area contributed by atoms with Crippen LogP contribution in [0.2, 0.25) is 0 Å². The highest BCUT2D eigenvalue weighted by molar-refractivity contribution is 6.32. The summed E-state index contributed by atoms with van der Waals surface area (Å²) in [4.78, 5) is 42.1.